The third kappa shape index (κ3) is 5.31. The second-order valence-corrected chi connectivity index (χ2v) is 9.85. The first-order valence-electron chi connectivity index (χ1n) is 8.77. The molecule has 0 bridgehead atoms. The number of sulfonamides is 1. The quantitative estimate of drug-likeness (QED) is 0.755. The highest BCUT2D eigenvalue weighted by atomic mass is 32.2. The topological polar surface area (TPSA) is 95.5 Å². The predicted molar refractivity (Wildman–Crippen MR) is 105 cm³/mol. The van der Waals surface area contributed by atoms with Gasteiger partial charge in [-0.1, -0.05) is 11.3 Å². The minimum absolute atomic E-state index is 0.0118. The highest BCUT2D eigenvalue weighted by molar-refractivity contribution is 7.88. The molecule has 0 atom stereocenters. The van der Waals surface area contributed by atoms with Gasteiger partial charge in [-0.15, -0.1) is 10.2 Å². The maximum absolute atomic E-state index is 12.9. The van der Waals surface area contributed by atoms with Crippen LogP contribution in [-0.2, 0) is 16.6 Å². The third-order valence-corrected chi connectivity index (χ3v) is 6.97. The van der Waals surface area contributed by atoms with Gasteiger partial charge in [0.15, 0.2) is 0 Å². The van der Waals surface area contributed by atoms with Crippen LogP contribution in [0.2, 0.25) is 0 Å². The van der Waals surface area contributed by atoms with Crippen LogP contribution in [0.15, 0.2) is 24.3 Å². The zero-order valence-electron chi connectivity index (χ0n) is 15.6. The number of hydrogen-bond donors (Lipinski definition) is 1. The van der Waals surface area contributed by atoms with Crippen molar-refractivity contribution in [3.05, 3.63) is 40.1 Å². The first kappa shape index (κ1) is 20.8. The lowest BCUT2D eigenvalue weighted by atomic mass is 10.1. The number of carbonyl (C=O) groups excluding carboxylic acids is 1. The van der Waals surface area contributed by atoms with Crippen LogP contribution in [0.5, 0.6) is 0 Å². The summed E-state index contributed by atoms with van der Waals surface area (Å²) in [5.74, 6) is -0.758. The van der Waals surface area contributed by atoms with Gasteiger partial charge in [0.1, 0.15) is 10.8 Å². The fraction of sp³-hybridized carbons (Fsp3) is 0.471. The molecular weight excluding hydrogens is 405 g/mol. The molecule has 3 rings (SSSR count). The third-order valence-electron chi connectivity index (χ3n) is 4.72. The minimum Gasteiger partial charge on any atom is -0.320 e. The first-order chi connectivity index (χ1) is 13.2. The van der Waals surface area contributed by atoms with Crippen molar-refractivity contribution in [1.29, 1.82) is 0 Å². The summed E-state index contributed by atoms with van der Waals surface area (Å²) in [5, 5.41) is 11.6. The second-order valence-electron chi connectivity index (χ2n) is 6.75. The summed E-state index contributed by atoms with van der Waals surface area (Å²) in [6.45, 7) is 2.07. The lowest BCUT2D eigenvalue weighted by Crippen LogP contribution is -2.44. The molecule has 1 fully saturated rings. The lowest BCUT2D eigenvalue weighted by Gasteiger charge is -2.35. The maximum Gasteiger partial charge on any atom is 0.286 e. The number of hydrogen-bond acceptors (Lipinski definition) is 7. The average Bonchev–Trinajstić information content (AvgIpc) is 3.11. The van der Waals surface area contributed by atoms with Gasteiger partial charge in [-0.25, -0.2) is 17.1 Å². The van der Waals surface area contributed by atoms with Crippen LogP contribution >= 0.6 is 11.3 Å². The van der Waals surface area contributed by atoms with Gasteiger partial charge in [0, 0.05) is 31.9 Å². The fourth-order valence-corrected chi connectivity index (χ4v) is 4.56. The number of benzene rings is 1. The van der Waals surface area contributed by atoms with E-state index in [0.717, 1.165) is 30.9 Å². The van der Waals surface area contributed by atoms with Gasteiger partial charge < -0.3 is 5.32 Å². The molecule has 0 unspecified atom stereocenters. The molecule has 11 heteroatoms. The van der Waals surface area contributed by atoms with E-state index in [4.69, 9.17) is 0 Å². The highest BCUT2D eigenvalue weighted by Crippen LogP contribution is 2.21. The molecule has 1 amide bonds. The molecule has 1 N–H and O–H groups in total. The molecule has 0 spiro atoms. The van der Waals surface area contributed by atoms with Crippen molar-refractivity contribution in [1.82, 2.24) is 19.4 Å². The zero-order chi connectivity index (χ0) is 20.3. The molecular formula is C17H22FN5O3S2. The summed E-state index contributed by atoms with van der Waals surface area (Å²) in [4.78, 5) is 14.4. The van der Waals surface area contributed by atoms with Gasteiger partial charge in [-0.3, -0.25) is 9.69 Å². The number of carbonyl (C=O) groups is 1. The lowest BCUT2D eigenvalue weighted by molar-refractivity contribution is 0.102. The monoisotopic (exact) mass is 427 g/mol. The van der Waals surface area contributed by atoms with Crippen LogP contribution in [0.3, 0.4) is 0 Å². The number of aromatic nitrogens is 2. The number of nitrogens with zero attached hydrogens (tertiary/aromatic N) is 4. The Labute approximate surface area is 167 Å². The zero-order valence-corrected chi connectivity index (χ0v) is 17.3. The Hall–Kier alpha value is -1.95. The maximum atomic E-state index is 12.9. The Kier molecular flexibility index (Phi) is 6.38. The van der Waals surface area contributed by atoms with Gasteiger partial charge in [0.2, 0.25) is 15.0 Å². The number of rotatable bonds is 6. The van der Waals surface area contributed by atoms with Crippen molar-refractivity contribution in [3.8, 4) is 0 Å². The van der Waals surface area contributed by atoms with Crippen molar-refractivity contribution in [2.24, 2.45) is 0 Å². The van der Waals surface area contributed by atoms with Crippen LogP contribution in [0.1, 0.15) is 27.7 Å². The van der Waals surface area contributed by atoms with Crippen LogP contribution in [0.4, 0.5) is 10.1 Å². The van der Waals surface area contributed by atoms with Crippen LogP contribution in [0.25, 0.3) is 0 Å². The van der Waals surface area contributed by atoms with E-state index in [1.54, 1.807) is 7.05 Å². The van der Waals surface area contributed by atoms with Crippen molar-refractivity contribution < 1.29 is 17.6 Å². The van der Waals surface area contributed by atoms with Crippen molar-refractivity contribution in [2.75, 3.05) is 31.7 Å². The molecule has 2 aromatic rings. The van der Waals surface area contributed by atoms with Crippen molar-refractivity contribution in [2.45, 2.75) is 25.4 Å². The number of likely N-dealkylation sites (tertiary alicyclic amines) is 1. The van der Waals surface area contributed by atoms with Crippen molar-refractivity contribution in [3.63, 3.8) is 0 Å². The first-order valence-corrected chi connectivity index (χ1v) is 11.4. The molecule has 2 heterocycles. The van der Waals surface area contributed by atoms with Crippen LogP contribution < -0.4 is 5.32 Å². The molecule has 0 aliphatic carbocycles. The molecule has 1 aliphatic heterocycles. The summed E-state index contributed by atoms with van der Waals surface area (Å²) >= 11 is 1.21. The summed E-state index contributed by atoms with van der Waals surface area (Å²) in [7, 11) is -1.57. The molecule has 152 valence electrons. The molecule has 1 saturated heterocycles. The number of halogens is 1. The number of anilines is 1. The van der Waals surface area contributed by atoms with E-state index in [0.29, 0.717) is 12.2 Å². The largest absolute Gasteiger partial charge is 0.320 e. The molecule has 28 heavy (non-hydrogen) atoms. The fourth-order valence-electron chi connectivity index (χ4n) is 3.03. The number of nitrogens with one attached hydrogen (secondary N) is 1. The molecule has 8 nitrogen and oxygen atoms in total. The van der Waals surface area contributed by atoms with Crippen LogP contribution in [0, 0.1) is 5.82 Å². The Morgan fingerprint density at radius 1 is 1.29 bits per heavy atom. The van der Waals surface area contributed by atoms with Gasteiger partial charge in [0.25, 0.3) is 5.91 Å². The van der Waals surface area contributed by atoms with E-state index >= 15 is 0 Å². The Balaban J connectivity index is 1.52. The molecule has 1 aromatic heterocycles. The Bertz CT molecular complexity index is 925. The molecule has 0 saturated carbocycles. The highest BCUT2D eigenvalue weighted by Gasteiger charge is 2.27. The smallest absolute Gasteiger partial charge is 0.286 e. The Morgan fingerprint density at radius 3 is 2.54 bits per heavy atom. The van der Waals surface area contributed by atoms with E-state index in [1.165, 1.54) is 46.2 Å². The minimum atomic E-state index is -3.18. The van der Waals surface area contributed by atoms with Gasteiger partial charge in [-0.2, -0.15) is 0 Å². The molecule has 0 radical (unpaired) electrons. The summed E-state index contributed by atoms with van der Waals surface area (Å²) < 4.78 is 37.7. The van der Waals surface area contributed by atoms with Crippen LogP contribution in [-0.4, -0.2) is 66.2 Å². The summed E-state index contributed by atoms with van der Waals surface area (Å²) in [5.41, 5.74) is 0.486. The van der Waals surface area contributed by atoms with E-state index in [1.807, 2.05) is 0 Å². The Morgan fingerprint density at radius 2 is 1.93 bits per heavy atom. The van der Waals surface area contributed by atoms with Gasteiger partial charge in [0.05, 0.1) is 12.8 Å². The average molecular weight is 428 g/mol. The number of piperidine rings is 1. The SMILES string of the molecule is CN(C1CCN(Cc2nnc(C(=O)Nc3ccc(F)cc3)s2)CC1)S(C)(=O)=O. The van der Waals surface area contributed by atoms with Gasteiger partial charge in [-0.05, 0) is 37.1 Å². The van der Waals surface area contributed by atoms with E-state index < -0.39 is 10.0 Å². The van der Waals surface area contributed by atoms with Gasteiger partial charge >= 0.3 is 0 Å². The summed E-state index contributed by atoms with van der Waals surface area (Å²) in [6, 6.07) is 5.51. The van der Waals surface area contributed by atoms with E-state index in [2.05, 4.69) is 20.4 Å². The summed E-state index contributed by atoms with van der Waals surface area (Å²) in [6.07, 6.45) is 2.72. The molecule has 1 aliphatic rings. The van der Waals surface area contributed by atoms with Crippen molar-refractivity contribution >= 4 is 33.0 Å². The van der Waals surface area contributed by atoms with E-state index in [9.17, 15) is 17.6 Å². The predicted octanol–water partition coefficient (Wildman–Crippen LogP) is 1.79. The normalized spacial score (nSPS) is 16.4. The number of amides is 1. The standard InChI is InChI=1S/C17H22FN5O3S2/c1-22(28(2,25)26)14-7-9-23(10-8-14)11-15-20-21-17(27-15)16(24)19-13-5-3-12(18)4-6-13/h3-6,14H,7-11H2,1-2H3,(H,19,24). The van der Waals surface area contributed by atoms with E-state index in [-0.39, 0.29) is 22.8 Å². The second kappa shape index (κ2) is 8.60. The molecule has 1 aromatic carbocycles.